The van der Waals surface area contributed by atoms with Crippen LogP contribution in [0, 0.1) is 0 Å². The Morgan fingerprint density at radius 2 is 1.52 bits per heavy atom. The average molecular weight is 329 g/mol. The first-order valence-electron chi connectivity index (χ1n) is 7.87. The molecule has 5 heteroatoms. The van der Waals surface area contributed by atoms with Crippen LogP contribution in [0.3, 0.4) is 0 Å². The van der Waals surface area contributed by atoms with Gasteiger partial charge in [-0.15, -0.1) is 0 Å². The zero-order valence-corrected chi connectivity index (χ0v) is 13.3. The summed E-state index contributed by atoms with van der Waals surface area (Å²) in [4.78, 5) is 12.4. The van der Waals surface area contributed by atoms with Gasteiger partial charge in [0.1, 0.15) is 11.5 Å². The van der Waals surface area contributed by atoms with E-state index in [4.69, 9.17) is 4.74 Å². The maximum atomic E-state index is 12.4. The molecule has 0 aliphatic rings. The number of hydrogen-bond acceptors (Lipinski definition) is 3. The quantitative estimate of drug-likeness (QED) is 0.574. The Bertz CT molecular complexity index is 1010. The molecule has 4 rings (SSSR count). The predicted octanol–water partition coefficient (Wildman–Crippen LogP) is 4.61. The van der Waals surface area contributed by atoms with Crippen molar-refractivity contribution in [2.45, 2.75) is 0 Å². The van der Waals surface area contributed by atoms with Crippen LogP contribution in [0.25, 0.3) is 10.9 Å². The number of benzene rings is 3. The van der Waals surface area contributed by atoms with Crippen LogP contribution in [-0.4, -0.2) is 16.1 Å². The number of rotatable bonds is 4. The number of aromatic amines is 1. The summed E-state index contributed by atoms with van der Waals surface area (Å²) in [6.45, 7) is 0. The molecule has 0 atom stereocenters. The number of ether oxygens (including phenoxy) is 1. The highest BCUT2D eigenvalue weighted by molar-refractivity contribution is 6.11. The maximum absolute atomic E-state index is 12.4. The highest BCUT2D eigenvalue weighted by atomic mass is 16.5. The first-order valence-corrected chi connectivity index (χ1v) is 7.87. The Kier molecular flexibility index (Phi) is 3.88. The number of carbonyl (C=O) groups excluding carboxylic acids is 1. The van der Waals surface area contributed by atoms with Gasteiger partial charge in [-0.05, 0) is 42.5 Å². The van der Waals surface area contributed by atoms with E-state index in [1.165, 1.54) is 0 Å². The summed E-state index contributed by atoms with van der Waals surface area (Å²) in [5.41, 5.74) is 1.89. The van der Waals surface area contributed by atoms with Crippen LogP contribution < -0.4 is 10.1 Å². The molecule has 0 saturated heterocycles. The fraction of sp³-hybridized carbons (Fsp3) is 0. The van der Waals surface area contributed by atoms with Crippen molar-refractivity contribution >= 4 is 22.5 Å². The number of amides is 1. The monoisotopic (exact) mass is 329 g/mol. The summed E-state index contributed by atoms with van der Waals surface area (Å²) in [5, 5.41) is 10.6. The zero-order chi connectivity index (χ0) is 17.1. The molecule has 0 bridgehead atoms. The minimum absolute atomic E-state index is 0.255. The van der Waals surface area contributed by atoms with Crippen molar-refractivity contribution in [3.63, 3.8) is 0 Å². The SMILES string of the molecule is O=C(Nc1ccc(Oc2ccccc2)cc1)c1n[nH]c2ccccc12. The molecule has 3 aromatic carbocycles. The second kappa shape index (κ2) is 6.49. The minimum atomic E-state index is -0.255. The number of carbonyl (C=O) groups is 1. The van der Waals surface area contributed by atoms with Crippen molar-refractivity contribution in [2.24, 2.45) is 0 Å². The normalized spacial score (nSPS) is 10.6. The van der Waals surface area contributed by atoms with Gasteiger partial charge in [0, 0.05) is 11.1 Å². The van der Waals surface area contributed by atoms with Gasteiger partial charge in [0.25, 0.3) is 5.91 Å². The lowest BCUT2D eigenvalue weighted by atomic mass is 10.2. The van der Waals surface area contributed by atoms with Gasteiger partial charge in [0.15, 0.2) is 5.69 Å². The molecule has 4 aromatic rings. The molecule has 122 valence electrons. The second-order valence-corrected chi connectivity index (χ2v) is 5.51. The van der Waals surface area contributed by atoms with Gasteiger partial charge in [-0.2, -0.15) is 5.10 Å². The molecule has 0 aliphatic heterocycles. The molecule has 1 aromatic heterocycles. The summed E-state index contributed by atoms with van der Waals surface area (Å²) in [6, 6.07) is 24.3. The van der Waals surface area contributed by atoms with E-state index in [2.05, 4.69) is 15.5 Å². The van der Waals surface area contributed by atoms with Gasteiger partial charge >= 0.3 is 0 Å². The lowest BCUT2D eigenvalue weighted by molar-refractivity contribution is 0.102. The smallest absolute Gasteiger partial charge is 0.276 e. The fourth-order valence-corrected chi connectivity index (χ4v) is 2.56. The Balaban J connectivity index is 1.48. The molecule has 0 unspecified atom stereocenters. The van der Waals surface area contributed by atoms with Crippen LogP contribution in [0.5, 0.6) is 11.5 Å². The number of fused-ring (bicyclic) bond motifs is 1. The van der Waals surface area contributed by atoms with Crippen molar-refractivity contribution in [3.05, 3.63) is 84.6 Å². The number of hydrogen-bond donors (Lipinski definition) is 2. The van der Waals surface area contributed by atoms with Crippen molar-refractivity contribution < 1.29 is 9.53 Å². The van der Waals surface area contributed by atoms with E-state index in [0.717, 1.165) is 16.7 Å². The number of nitrogens with one attached hydrogen (secondary N) is 2. The van der Waals surface area contributed by atoms with Crippen molar-refractivity contribution in [1.82, 2.24) is 10.2 Å². The summed E-state index contributed by atoms with van der Waals surface area (Å²) in [7, 11) is 0. The van der Waals surface area contributed by atoms with Crippen LogP contribution in [0.4, 0.5) is 5.69 Å². The van der Waals surface area contributed by atoms with Gasteiger partial charge in [-0.1, -0.05) is 36.4 Å². The van der Waals surface area contributed by atoms with Crippen LogP contribution in [-0.2, 0) is 0 Å². The predicted molar refractivity (Wildman–Crippen MR) is 97.0 cm³/mol. The van der Waals surface area contributed by atoms with E-state index in [9.17, 15) is 4.79 Å². The molecule has 25 heavy (non-hydrogen) atoms. The average Bonchev–Trinajstić information content (AvgIpc) is 3.08. The van der Waals surface area contributed by atoms with Gasteiger partial charge in [0.2, 0.25) is 0 Å². The van der Waals surface area contributed by atoms with Crippen molar-refractivity contribution in [1.29, 1.82) is 0 Å². The first kappa shape index (κ1) is 15.0. The van der Waals surface area contributed by atoms with Gasteiger partial charge in [0.05, 0.1) is 5.52 Å². The summed E-state index contributed by atoms with van der Waals surface area (Å²) in [6.07, 6.45) is 0. The topological polar surface area (TPSA) is 67.0 Å². The highest BCUT2D eigenvalue weighted by Gasteiger charge is 2.13. The van der Waals surface area contributed by atoms with Crippen molar-refractivity contribution in [2.75, 3.05) is 5.32 Å². The third-order valence-corrected chi connectivity index (χ3v) is 3.78. The van der Waals surface area contributed by atoms with Crippen molar-refractivity contribution in [3.8, 4) is 11.5 Å². The Labute approximate surface area is 144 Å². The Hall–Kier alpha value is -3.60. The molecule has 1 heterocycles. The Morgan fingerprint density at radius 1 is 0.840 bits per heavy atom. The largest absolute Gasteiger partial charge is 0.457 e. The van der Waals surface area contributed by atoms with E-state index in [1.807, 2.05) is 66.7 Å². The molecule has 1 amide bonds. The van der Waals surface area contributed by atoms with Gasteiger partial charge in [-0.25, -0.2) is 0 Å². The van der Waals surface area contributed by atoms with Gasteiger partial charge in [-0.3, -0.25) is 9.89 Å². The fourth-order valence-electron chi connectivity index (χ4n) is 2.56. The first-order chi connectivity index (χ1) is 12.3. The third kappa shape index (κ3) is 3.21. The van der Waals surface area contributed by atoms with Crippen LogP contribution in [0.2, 0.25) is 0 Å². The third-order valence-electron chi connectivity index (χ3n) is 3.78. The molecule has 0 aliphatic carbocycles. The van der Waals surface area contributed by atoms with E-state index >= 15 is 0 Å². The number of anilines is 1. The van der Waals surface area contributed by atoms with E-state index in [-0.39, 0.29) is 5.91 Å². The molecule has 5 nitrogen and oxygen atoms in total. The highest BCUT2D eigenvalue weighted by Crippen LogP contribution is 2.23. The van der Waals surface area contributed by atoms with E-state index < -0.39 is 0 Å². The molecule has 2 N–H and O–H groups in total. The number of para-hydroxylation sites is 2. The Morgan fingerprint density at radius 3 is 2.32 bits per heavy atom. The molecule has 0 saturated carbocycles. The van der Waals surface area contributed by atoms with E-state index in [1.54, 1.807) is 12.1 Å². The lowest BCUT2D eigenvalue weighted by Gasteiger charge is -2.07. The standard InChI is InChI=1S/C20H15N3O2/c24-20(19-17-8-4-5-9-18(17)22-23-19)21-14-10-12-16(13-11-14)25-15-6-2-1-3-7-15/h1-13H,(H,21,24)(H,22,23). The van der Waals surface area contributed by atoms with Crippen LogP contribution >= 0.6 is 0 Å². The summed E-state index contributed by atoms with van der Waals surface area (Å²) in [5.74, 6) is 1.21. The number of nitrogens with zero attached hydrogens (tertiary/aromatic N) is 1. The minimum Gasteiger partial charge on any atom is -0.457 e. The van der Waals surface area contributed by atoms with Crippen LogP contribution in [0.1, 0.15) is 10.5 Å². The molecule has 0 spiro atoms. The maximum Gasteiger partial charge on any atom is 0.276 e. The lowest BCUT2D eigenvalue weighted by Crippen LogP contribution is -2.12. The summed E-state index contributed by atoms with van der Waals surface area (Å²) >= 11 is 0. The number of H-pyrrole nitrogens is 1. The second-order valence-electron chi connectivity index (χ2n) is 5.51. The van der Waals surface area contributed by atoms with E-state index in [0.29, 0.717) is 17.1 Å². The number of aromatic nitrogens is 2. The molecule has 0 radical (unpaired) electrons. The zero-order valence-electron chi connectivity index (χ0n) is 13.3. The van der Waals surface area contributed by atoms with Crippen LogP contribution in [0.15, 0.2) is 78.9 Å². The summed E-state index contributed by atoms with van der Waals surface area (Å²) < 4.78 is 5.74. The molecule has 0 fully saturated rings. The molecular weight excluding hydrogens is 314 g/mol. The van der Waals surface area contributed by atoms with Gasteiger partial charge < -0.3 is 10.1 Å². The molecular formula is C20H15N3O2.